The van der Waals surface area contributed by atoms with Crippen molar-refractivity contribution in [1.29, 1.82) is 0 Å². The van der Waals surface area contributed by atoms with Gasteiger partial charge >= 0.3 is 5.97 Å². The second-order valence-corrected chi connectivity index (χ2v) is 5.09. The monoisotopic (exact) mass is 320 g/mol. The van der Waals surface area contributed by atoms with Crippen molar-refractivity contribution in [3.8, 4) is 23.0 Å². The molecule has 114 valence electrons. The fraction of sp³-hybridized carbons (Fsp3) is 0.188. The Hall–Kier alpha value is -2.40. The van der Waals surface area contributed by atoms with Crippen molar-refractivity contribution < 1.29 is 23.7 Å². The molecule has 2 aromatic rings. The molecule has 0 fully saturated rings. The molecule has 5 nitrogen and oxygen atoms in total. The maximum Gasteiger partial charge on any atom is 0.352 e. The average molecular weight is 321 g/mol. The summed E-state index contributed by atoms with van der Waals surface area (Å²) in [6.45, 7) is 1.78. The van der Waals surface area contributed by atoms with Crippen LogP contribution in [0, 0.1) is 0 Å². The van der Waals surface area contributed by atoms with Gasteiger partial charge in [-0.15, -0.1) is 0 Å². The average Bonchev–Trinajstić information content (AvgIpc) is 2.97. The number of fused-ring (bicyclic) bond motifs is 1. The summed E-state index contributed by atoms with van der Waals surface area (Å²) in [5.41, 5.74) is 0. The molecule has 0 aliphatic carbocycles. The van der Waals surface area contributed by atoms with E-state index in [1.807, 2.05) is 0 Å². The molecule has 0 radical (unpaired) electrons. The summed E-state index contributed by atoms with van der Waals surface area (Å²) >= 11 is 5.80. The van der Waals surface area contributed by atoms with E-state index < -0.39 is 12.1 Å². The van der Waals surface area contributed by atoms with Crippen LogP contribution in [0.3, 0.4) is 0 Å². The Balaban J connectivity index is 1.62. The van der Waals surface area contributed by atoms with Crippen LogP contribution in [0.15, 0.2) is 42.5 Å². The molecule has 1 atom stereocenters. The Morgan fingerprint density at radius 2 is 1.77 bits per heavy atom. The second kappa shape index (κ2) is 6.15. The summed E-state index contributed by atoms with van der Waals surface area (Å²) in [5, 5.41) is 0.600. The van der Waals surface area contributed by atoms with E-state index in [9.17, 15) is 4.79 Å². The highest BCUT2D eigenvalue weighted by molar-refractivity contribution is 6.30. The van der Waals surface area contributed by atoms with Gasteiger partial charge < -0.3 is 18.9 Å². The molecule has 0 saturated carbocycles. The van der Waals surface area contributed by atoms with Gasteiger partial charge in [0.05, 0.1) is 0 Å². The van der Waals surface area contributed by atoms with Gasteiger partial charge in [-0.1, -0.05) is 11.6 Å². The fourth-order valence-corrected chi connectivity index (χ4v) is 2.03. The largest absolute Gasteiger partial charge is 0.479 e. The molecular formula is C16H13ClO5. The first-order valence-corrected chi connectivity index (χ1v) is 7.03. The summed E-state index contributed by atoms with van der Waals surface area (Å²) < 4.78 is 21.2. The zero-order chi connectivity index (χ0) is 15.5. The van der Waals surface area contributed by atoms with Gasteiger partial charge in [0.1, 0.15) is 11.5 Å². The minimum atomic E-state index is -0.758. The van der Waals surface area contributed by atoms with Crippen LogP contribution in [-0.2, 0) is 4.79 Å². The Morgan fingerprint density at radius 1 is 1.09 bits per heavy atom. The van der Waals surface area contributed by atoms with Crippen LogP contribution >= 0.6 is 11.6 Å². The Morgan fingerprint density at radius 3 is 2.55 bits per heavy atom. The zero-order valence-electron chi connectivity index (χ0n) is 11.7. The third kappa shape index (κ3) is 3.26. The van der Waals surface area contributed by atoms with Gasteiger partial charge in [0.15, 0.2) is 17.6 Å². The summed E-state index contributed by atoms with van der Waals surface area (Å²) in [5.74, 6) is 1.59. The Bertz CT molecular complexity index is 683. The van der Waals surface area contributed by atoms with Crippen molar-refractivity contribution in [3.05, 3.63) is 47.5 Å². The van der Waals surface area contributed by atoms with E-state index in [0.717, 1.165) is 0 Å². The van der Waals surface area contributed by atoms with E-state index >= 15 is 0 Å². The highest BCUT2D eigenvalue weighted by atomic mass is 35.5. The molecule has 0 N–H and O–H groups in total. The molecule has 0 spiro atoms. The standard InChI is InChI=1S/C16H13ClO5/c1-10(21-12-4-2-11(17)3-5-12)16(18)22-13-6-7-14-15(8-13)20-9-19-14/h2-8,10H,9H2,1H3/t10-/m1/s1. The highest BCUT2D eigenvalue weighted by Crippen LogP contribution is 2.35. The number of hydrogen-bond donors (Lipinski definition) is 0. The molecule has 2 aromatic carbocycles. The third-order valence-electron chi connectivity index (χ3n) is 3.02. The van der Waals surface area contributed by atoms with Gasteiger partial charge in [-0.3, -0.25) is 0 Å². The van der Waals surface area contributed by atoms with Gasteiger partial charge in [-0.25, -0.2) is 4.79 Å². The van der Waals surface area contributed by atoms with Gasteiger partial charge in [0.25, 0.3) is 0 Å². The minimum absolute atomic E-state index is 0.169. The van der Waals surface area contributed by atoms with E-state index in [1.165, 1.54) is 0 Å². The lowest BCUT2D eigenvalue weighted by atomic mass is 10.3. The molecule has 0 unspecified atom stereocenters. The lowest BCUT2D eigenvalue weighted by Crippen LogP contribution is -2.28. The van der Waals surface area contributed by atoms with Crippen LogP contribution in [-0.4, -0.2) is 18.9 Å². The first kappa shape index (κ1) is 14.5. The first-order valence-electron chi connectivity index (χ1n) is 6.65. The normalized spacial score (nSPS) is 13.5. The molecular weight excluding hydrogens is 308 g/mol. The molecule has 0 amide bonds. The predicted molar refractivity (Wildman–Crippen MR) is 79.7 cm³/mol. The van der Waals surface area contributed by atoms with Gasteiger partial charge in [0, 0.05) is 11.1 Å². The van der Waals surface area contributed by atoms with E-state index in [1.54, 1.807) is 49.4 Å². The predicted octanol–water partition coefficient (Wildman–Crippen LogP) is 3.44. The number of ether oxygens (including phenoxy) is 4. The lowest BCUT2D eigenvalue weighted by Gasteiger charge is -2.14. The molecule has 1 heterocycles. The smallest absolute Gasteiger partial charge is 0.352 e. The maximum absolute atomic E-state index is 12.0. The molecule has 1 aliphatic heterocycles. The van der Waals surface area contributed by atoms with Crippen molar-refractivity contribution in [2.45, 2.75) is 13.0 Å². The van der Waals surface area contributed by atoms with Gasteiger partial charge in [-0.05, 0) is 43.3 Å². The number of esters is 1. The first-order chi connectivity index (χ1) is 10.6. The molecule has 22 heavy (non-hydrogen) atoms. The number of rotatable bonds is 4. The Kier molecular flexibility index (Phi) is 4.06. The molecule has 0 saturated heterocycles. The lowest BCUT2D eigenvalue weighted by molar-refractivity contribution is -0.141. The van der Waals surface area contributed by atoms with Crippen LogP contribution in [0.1, 0.15) is 6.92 Å². The molecule has 6 heteroatoms. The molecule has 0 aromatic heterocycles. The van der Waals surface area contributed by atoms with Crippen molar-refractivity contribution in [3.63, 3.8) is 0 Å². The number of halogens is 1. The number of carbonyl (C=O) groups is 1. The van der Waals surface area contributed by atoms with Crippen LogP contribution in [0.25, 0.3) is 0 Å². The van der Waals surface area contributed by atoms with Crippen LogP contribution in [0.4, 0.5) is 0 Å². The van der Waals surface area contributed by atoms with Crippen LogP contribution < -0.4 is 18.9 Å². The number of hydrogen-bond acceptors (Lipinski definition) is 5. The van der Waals surface area contributed by atoms with E-state index in [2.05, 4.69) is 0 Å². The van der Waals surface area contributed by atoms with Crippen molar-refractivity contribution in [2.24, 2.45) is 0 Å². The number of benzene rings is 2. The Labute approximate surface area is 132 Å². The van der Waals surface area contributed by atoms with E-state index in [-0.39, 0.29) is 6.79 Å². The number of carbonyl (C=O) groups excluding carboxylic acids is 1. The second-order valence-electron chi connectivity index (χ2n) is 4.65. The van der Waals surface area contributed by atoms with Gasteiger partial charge in [0.2, 0.25) is 6.79 Å². The van der Waals surface area contributed by atoms with Crippen molar-refractivity contribution in [1.82, 2.24) is 0 Å². The quantitative estimate of drug-likeness (QED) is 0.638. The third-order valence-corrected chi connectivity index (χ3v) is 3.27. The van der Waals surface area contributed by atoms with Crippen molar-refractivity contribution in [2.75, 3.05) is 6.79 Å². The molecule has 0 bridgehead atoms. The van der Waals surface area contributed by atoms with Gasteiger partial charge in [-0.2, -0.15) is 0 Å². The minimum Gasteiger partial charge on any atom is -0.479 e. The van der Waals surface area contributed by atoms with Crippen LogP contribution in [0.2, 0.25) is 5.02 Å². The maximum atomic E-state index is 12.0. The van der Waals surface area contributed by atoms with Crippen LogP contribution in [0.5, 0.6) is 23.0 Å². The van der Waals surface area contributed by atoms with E-state index in [4.69, 9.17) is 30.5 Å². The molecule has 1 aliphatic rings. The SMILES string of the molecule is C[C@@H](Oc1ccc(Cl)cc1)C(=O)Oc1ccc2c(c1)OCO2. The molecule has 3 rings (SSSR count). The topological polar surface area (TPSA) is 54.0 Å². The van der Waals surface area contributed by atoms with Crippen molar-refractivity contribution >= 4 is 17.6 Å². The summed E-state index contributed by atoms with van der Waals surface area (Å²) in [4.78, 5) is 12.0. The summed E-state index contributed by atoms with van der Waals surface area (Å²) in [6, 6.07) is 11.7. The van der Waals surface area contributed by atoms with E-state index in [0.29, 0.717) is 28.0 Å². The highest BCUT2D eigenvalue weighted by Gasteiger charge is 2.19. The summed E-state index contributed by atoms with van der Waals surface area (Å²) in [7, 11) is 0. The summed E-state index contributed by atoms with van der Waals surface area (Å²) in [6.07, 6.45) is -0.758. The zero-order valence-corrected chi connectivity index (χ0v) is 12.5. The fourth-order valence-electron chi connectivity index (χ4n) is 1.90.